The average Bonchev–Trinajstić information content (AvgIpc) is 3.66. The van der Waals surface area contributed by atoms with Crippen molar-refractivity contribution in [2.75, 3.05) is 13.6 Å². The molecule has 0 bridgehead atoms. The van der Waals surface area contributed by atoms with Gasteiger partial charge in [-0.15, -0.1) is 0 Å². The van der Waals surface area contributed by atoms with Crippen LogP contribution in [-0.4, -0.2) is 81.4 Å². The highest BCUT2D eigenvalue weighted by molar-refractivity contribution is 5.94. The van der Waals surface area contributed by atoms with Gasteiger partial charge in [0.1, 0.15) is 12.1 Å². The van der Waals surface area contributed by atoms with Gasteiger partial charge in [-0.2, -0.15) is 0 Å². The number of likely N-dealkylation sites (N-methyl/N-ethyl adjacent to an activating group) is 1. The number of rotatable bonds is 5. The van der Waals surface area contributed by atoms with Gasteiger partial charge in [-0.1, -0.05) is 61.0 Å². The molecule has 0 radical (unpaired) electrons. The number of carbonyl (C=O) groups excluding carboxylic acids is 3. The van der Waals surface area contributed by atoms with Gasteiger partial charge in [-0.05, 0) is 48.3 Å². The Morgan fingerprint density at radius 1 is 0.949 bits per heavy atom. The minimum Gasteiger partial charge on any atom is -0.391 e. The van der Waals surface area contributed by atoms with Crippen LogP contribution in [0.4, 0.5) is 0 Å². The maximum absolute atomic E-state index is 14.3. The summed E-state index contributed by atoms with van der Waals surface area (Å²) in [6.45, 7) is 1.22. The Hall–Kier alpha value is -3.23. The number of benzene rings is 2. The maximum Gasteiger partial charge on any atom is 0.246 e. The molecular weight excluding hydrogens is 492 g/mol. The third kappa shape index (κ3) is 4.96. The molecule has 1 saturated carbocycles. The highest BCUT2D eigenvalue weighted by atomic mass is 16.3. The summed E-state index contributed by atoms with van der Waals surface area (Å²) in [6, 6.07) is 16.3. The molecule has 1 aliphatic carbocycles. The number of amides is 3. The number of fused-ring (bicyclic) bond motifs is 2. The first kappa shape index (κ1) is 26.0. The molecule has 0 unspecified atom stereocenters. The molecule has 6 atom stereocenters. The molecule has 8 heteroatoms. The molecule has 3 heterocycles. The van der Waals surface area contributed by atoms with Gasteiger partial charge in [0.25, 0.3) is 0 Å². The largest absolute Gasteiger partial charge is 0.391 e. The summed E-state index contributed by atoms with van der Waals surface area (Å²) in [4.78, 5) is 46.9. The zero-order valence-electron chi connectivity index (χ0n) is 22.5. The highest BCUT2D eigenvalue weighted by Gasteiger charge is 2.53. The fraction of sp³-hybridized carbons (Fsp3) is 0.516. The van der Waals surface area contributed by atoms with Crippen molar-refractivity contribution in [3.8, 4) is 0 Å². The van der Waals surface area contributed by atoms with E-state index in [9.17, 15) is 19.5 Å². The van der Waals surface area contributed by atoms with Gasteiger partial charge < -0.3 is 25.1 Å². The smallest absolute Gasteiger partial charge is 0.246 e. The van der Waals surface area contributed by atoms with Crippen LogP contribution in [0.1, 0.15) is 48.8 Å². The first-order chi connectivity index (χ1) is 18.9. The summed E-state index contributed by atoms with van der Waals surface area (Å²) in [7, 11) is 1.80. The monoisotopic (exact) mass is 530 g/mol. The molecule has 2 aromatic carbocycles. The second-order valence-electron chi connectivity index (χ2n) is 11.7. The molecule has 39 heavy (non-hydrogen) atoms. The van der Waals surface area contributed by atoms with Gasteiger partial charge in [-0.3, -0.25) is 14.4 Å². The van der Waals surface area contributed by atoms with Crippen LogP contribution < -0.4 is 5.32 Å². The van der Waals surface area contributed by atoms with Crippen LogP contribution in [0.15, 0.2) is 54.6 Å². The van der Waals surface area contributed by atoms with Crippen molar-refractivity contribution in [1.29, 1.82) is 0 Å². The lowest BCUT2D eigenvalue weighted by Crippen LogP contribution is -2.58. The standard InChI is InChI=1S/C31H38N4O4/c1-33(18-20-8-3-2-4-9-20)30(38)28-15-22-12-7-13-26(22)35(28)31(39)27-16-24(36)19-34(27)29(37)25-14-21-10-5-6-11-23(21)17-32-25/h2-6,8-11,22,24-28,32,36H,7,12-19H2,1H3/t22-,24+,25-,26-,27-,28-/m0/s1. The van der Waals surface area contributed by atoms with E-state index in [-0.39, 0.29) is 36.7 Å². The van der Waals surface area contributed by atoms with E-state index >= 15 is 0 Å². The van der Waals surface area contributed by atoms with Crippen molar-refractivity contribution >= 4 is 17.7 Å². The molecule has 3 aliphatic heterocycles. The predicted octanol–water partition coefficient (Wildman–Crippen LogP) is 2.09. The van der Waals surface area contributed by atoms with Crippen molar-refractivity contribution in [3.63, 3.8) is 0 Å². The van der Waals surface area contributed by atoms with Crippen LogP contribution in [0, 0.1) is 5.92 Å². The summed E-state index contributed by atoms with van der Waals surface area (Å²) in [5.41, 5.74) is 3.36. The first-order valence-electron chi connectivity index (χ1n) is 14.3. The molecule has 2 N–H and O–H groups in total. The predicted molar refractivity (Wildman–Crippen MR) is 146 cm³/mol. The summed E-state index contributed by atoms with van der Waals surface area (Å²) < 4.78 is 0. The summed E-state index contributed by atoms with van der Waals surface area (Å²) in [5, 5.41) is 14.0. The van der Waals surface area contributed by atoms with Crippen LogP contribution >= 0.6 is 0 Å². The minimum atomic E-state index is -0.754. The van der Waals surface area contributed by atoms with Gasteiger partial charge in [-0.25, -0.2) is 0 Å². The number of likely N-dealkylation sites (tertiary alicyclic amines) is 2. The van der Waals surface area contributed by atoms with E-state index < -0.39 is 24.2 Å². The van der Waals surface area contributed by atoms with E-state index in [2.05, 4.69) is 11.4 Å². The number of hydrogen-bond donors (Lipinski definition) is 2. The second kappa shape index (κ2) is 10.7. The van der Waals surface area contributed by atoms with E-state index in [1.165, 1.54) is 5.56 Å². The third-order valence-electron chi connectivity index (χ3n) is 9.24. The van der Waals surface area contributed by atoms with Crippen molar-refractivity contribution in [1.82, 2.24) is 20.0 Å². The Balaban J connectivity index is 1.21. The number of carbonyl (C=O) groups is 3. The Labute approximate surface area is 230 Å². The number of aliphatic hydroxyl groups is 1. The SMILES string of the molecule is CN(Cc1ccccc1)C(=O)[C@@H]1C[C@@H]2CCC[C@@H]2N1C(=O)[C@@H]1C[C@@H](O)CN1C(=O)[C@@H]1Cc2ccccc2CN1. The lowest BCUT2D eigenvalue weighted by molar-refractivity contribution is -0.151. The van der Waals surface area contributed by atoms with E-state index in [4.69, 9.17) is 0 Å². The zero-order valence-corrected chi connectivity index (χ0v) is 22.5. The molecule has 6 rings (SSSR count). The van der Waals surface area contributed by atoms with Crippen LogP contribution in [-0.2, 0) is 33.9 Å². The molecule has 3 fully saturated rings. The normalized spacial score (nSPS) is 29.7. The number of aliphatic hydroxyl groups excluding tert-OH is 1. The van der Waals surface area contributed by atoms with Crippen molar-refractivity contribution in [2.45, 2.75) is 81.9 Å². The summed E-state index contributed by atoms with van der Waals surface area (Å²) in [6.07, 6.45) is 3.62. The molecule has 0 aromatic heterocycles. The quantitative estimate of drug-likeness (QED) is 0.618. The molecule has 2 aromatic rings. The van der Waals surface area contributed by atoms with E-state index in [0.29, 0.717) is 31.8 Å². The number of β-amino-alcohol motifs (C(OH)–C–C–N with tert-alkyl or cyclic N) is 1. The van der Waals surface area contributed by atoms with Crippen LogP contribution in [0.5, 0.6) is 0 Å². The molecule has 2 saturated heterocycles. The third-order valence-corrected chi connectivity index (χ3v) is 9.24. The van der Waals surface area contributed by atoms with Crippen LogP contribution in [0.3, 0.4) is 0 Å². The Morgan fingerprint density at radius 2 is 1.69 bits per heavy atom. The molecule has 206 valence electrons. The topological polar surface area (TPSA) is 93.2 Å². The first-order valence-corrected chi connectivity index (χ1v) is 14.3. The van der Waals surface area contributed by atoms with Gasteiger partial charge in [0.2, 0.25) is 17.7 Å². The Morgan fingerprint density at radius 3 is 2.49 bits per heavy atom. The number of nitrogens with one attached hydrogen (secondary N) is 1. The van der Waals surface area contributed by atoms with Gasteiger partial charge in [0.15, 0.2) is 0 Å². The summed E-state index contributed by atoms with van der Waals surface area (Å²) in [5.74, 6) is -0.0776. The maximum atomic E-state index is 14.3. The van der Waals surface area contributed by atoms with Crippen LogP contribution in [0.2, 0.25) is 0 Å². The van der Waals surface area contributed by atoms with Gasteiger partial charge in [0, 0.05) is 39.1 Å². The lowest BCUT2D eigenvalue weighted by atomic mass is 9.95. The van der Waals surface area contributed by atoms with E-state index in [1.807, 2.05) is 53.4 Å². The average molecular weight is 531 g/mol. The summed E-state index contributed by atoms with van der Waals surface area (Å²) >= 11 is 0. The van der Waals surface area contributed by atoms with E-state index in [0.717, 1.165) is 30.4 Å². The van der Waals surface area contributed by atoms with Crippen LogP contribution in [0.25, 0.3) is 0 Å². The van der Waals surface area contributed by atoms with E-state index in [1.54, 1.807) is 16.8 Å². The fourth-order valence-electron chi connectivity index (χ4n) is 7.31. The van der Waals surface area contributed by atoms with Crippen molar-refractivity contribution in [2.24, 2.45) is 5.92 Å². The Bertz CT molecular complexity index is 1240. The zero-order chi connectivity index (χ0) is 27.1. The van der Waals surface area contributed by atoms with Gasteiger partial charge in [0.05, 0.1) is 12.1 Å². The lowest BCUT2D eigenvalue weighted by Gasteiger charge is -2.37. The minimum absolute atomic E-state index is 0.0194. The number of nitrogens with zero attached hydrogens (tertiary/aromatic N) is 3. The van der Waals surface area contributed by atoms with Crippen molar-refractivity contribution < 1.29 is 19.5 Å². The highest BCUT2D eigenvalue weighted by Crippen LogP contribution is 2.43. The van der Waals surface area contributed by atoms with Gasteiger partial charge >= 0.3 is 0 Å². The molecule has 8 nitrogen and oxygen atoms in total. The molecular formula is C31H38N4O4. The molecule has 3 amide bonds. The second-order valence-corrected chi connectivity index (χ2v) is 11.7. The number of hydrogen-bond acceptors (Lipinski definition) is 5. The molecule has 4 aliphatic rings. The Kier molecular flexibility index (Phi) is 7.16. The molecule has 0 spiro atoms. The van der Waals surface area contributed by atoms with Crippen molar-refractivity contribution in [3.05, 3.63) is 71.3 Å². The fourth-order valence-corrected chi connectivity index (χ4v) is 7.31.